The maximum atomic E-state index is 12.3. The number of hydrogen-bond donors (Lipinski definition) is 2. The van der Waals surface area contributed by atoms with Crippen LogP contribution in [0, 0.1) is 0 Å². The number of aromatic nitrogens is 5. The molecule has 0 unspecified atom stereocenters. The van der Waals surface area contributed by atoms with Gasteiger partial charge in [-0.25, -0.2) is 15.0 Å². The summed E-state index contributed by atoms with van der Waals surface area (Å²) >= 11 is 0. The number of fused-ring (bicyclic) bond motifs is 1. The van der Waals surface area contributed by atoms with Crippen LogP contribution in [-0.4, -0.2) is 37.1 Å². The molecule has 2 N–H and O–H groups in total. The first-order valence-electron chi connectivity index (χ1n) is 7.97. The molecule has 3 rings (SSSR count). The van der Waals surface area contributed by atoms with Crippen molar-refractivity contribution in [3.8, 4) is 5.88 Å². The summed E-state index contributed by atoms with van der Waals surface area (Å²) in [7, 11) is 0. The number of H-pyrrole nitrogens is 1. The van der Waals surface area contributed by atoms with Gasteiger partial charge in [-0.3, -0.25) is 14.7 Å². The normalized spacial score (nSPS) is 10.8. The van der Waals surface area contributed by atoms with Crippen LogP contribution in [0.1, 0.15) is 35.8 Å². The zero-order chi connectivity index (χ0) is 17.6. The summed E-state index contributed by atoms with van der Waals surface area (Å²) in [6, 6.07) is 4.75. The fourth-order valence-corrected chi connectivity index (χ4v) is 2.21. The van der Waals surface area contributed by atoms with E-state index < -0.39 is 11.5 Å². The van der Waals surface area contributed by atoms with E-state index in [9.17, 15) is 9.59 Å². The molecular weight excluding hydrogens is 324 g/mol. The second kappa shape index (κ2) is 7.56. The Balaban J connectivity index is 1.70. The third-order valence-corrected chi connectivity index (χ3v) is 3.53. The minimum atomic E-state index is -0.467. The molecule has 3 heterocycles. The molecule has 0 aliphatic heterocycles. The average molecular weight is 342 g/mol. The van der Waals surface area contributed by atoms with Crippen molar-refractivity contribution >= 4 is 11.7 Å². The van der Waals surface area contributed by atoms with Gasteiger partial charge in [0.1, 0.15) is 12.0 Å². The molecule has 25 heavy (non-hydrogen) atoms. The van der Waals surface area contributed by atoms with Gasteiger partial charge in [-0.1, -0.05) is 19.4 Å². The van der Waals surface area contributed by atoms with Crippen LogP contribution in [0.25, 0.3) is 5.78 Å². The number of carbonyl (C=O) groups excluding carboxylic acids is 1. The molecule has 9 nitrogen and oxygen atoms in total. The highest BCUT2D eigenvalue weighted by molar-refractivity contribution is 5.92. The van der Waals surface area contributed by atoms with Crippen LogP contribution >= 0.6 is 0 Å². The van der Waals surface area contributed by atoms with Crippen LogP contribution in [0.2, 0.25) is 0 Å². The Bertz CT molecular complexity index is 933. The van der Waals surface area contributed by atoms with E-state index in [-0.39, 0.29) is 18.0 Å². The SMILES string of the molecule is CCCCOc1ncccc1CNC(=O)c1cc(=O)n2[nH]cnc2n1. The summed E-state index contributed by atoms with van der Waals surface area (Å²) in [4.78, 5) is 36.3. The van der Waals surface area contributed by atoms with E-state index in [4.69, 9.17) is 4.74 Å². The van der Waals surface area contributed by atoms with Gasteiger partial charge in [0.05, 0.1) is 6.61 Å². The Morgan fingerprint density at radius 1 is 1.40 bits per heavy atom. The van der Waals surface area contributed by atoms with E-state index in [1.165, 1.54) is 6.33 Å². The molecule has 0 spiro atoms. The Hall–Kier alpha value is -3.23. The molecule has 3 aromatic heterocycles. The first-order valence-corrected chi connectivity index (χ1v) is 7.97. The number of aromatic amines is 1. The number of hydrogen-bond acceptors (Lipinski definition) is 6. The van der Waals surface area contributed by atoms with Crippen LogP contribution in [0.3, 0.4) is 0 Å². The fraction of sp³-hybridized carbons (Fsp3) is 0.312. The molecule has 9 heteroatoms. The summed E-state index contributed by atoms with van der Waals surface area (Å²) in [5.74, 6) is 0.167. The number of ether oxygens (including phenoxy) is 1. The monoisotopic (exact) mass is 342 g/mol. The van der Waals surface area contributed by atoms with Crippen LogP contribution in [0.4, 0.5) is 0 Å². The highest BCUT2D eigenvalue weighted by atomic mass is 16.5. The van der Waals surface area contributed by atoms with Crippen molar-refractivity contribution in [2.75, 3.05) is 6.61 Å². The second-order valence-corrected chi connectivity index (χ2v) is 5.35. The van der Waals surface area contributed by atoms with Crippen molar-refractivity contribution in [3.63, 3.8) is 0 Å². The van der Waals surface area contributed by atoms with Gasteiger partial charge >= 0.3 is 0 Å². The lowest BCUT2D eigenvalue weighted by Gasteiger charge is -2.10. The highest BCUT2D eigenvalue weighted by Gasteiger charge is 2.13. The van der Waals surface area contributed by atoms with Gasteiger partial charge < -0.3 is 10.1 Å². The van der Waals surface area contributed by atoms with Gasteiger partial charge in [0.2, 0.25) is 5.88 Å². The standard InChI is InChI=1S/C16H18N6O3/c1-2-3-7-25-15-11(5-4-6-17-15)9-18-14(24)12-8-13(23)22-16(21-12)19-10-20-22/h4-6,8,10H,2-3,7,9H2,1H3,(H,18,24)(H,19,20,21). The lowest BCUT2D eigenvalue weighted by molar-refractivity contribution is 0.0945. The topological polar surface area (TPSA) is 114 Å². The summed E-state index contributed by atoms with van der Waals surface area (Å²) in [5, 5.41) is 5.34. The van der Waals surface area contributed by atoms with Crippen LogP contribution in [0.15, 0.2) is 35.5 Å². The van der Waals surface area contributed by atoms with E-state index in [0.29, 0.717) is 12.5 Å². The first kappa shape index (κ1) is 16.6. The number of carbonyl (C=O) groups is 1. The first-order chi connectivity index (χ1) is 12.2. The summed E-state index contributed by atoms with van der Waals surface area (Å²) in [6.45, 7) is 2.87. The van der Waals surface area contributed by atoms with E-state index in [1.807, 2.05) is 6.07 Å². The Labute approximate surface area is 143 Å². The number of pyridine rings is 1. The van der Waals surface area contributed by atoms with Crippen LogP contribution in [0.5, 0.6) is 5.88 Å². The van der Waals surface area contributed by atoms with E-state index in [1.54, 1.807) is 12.3 Å². The number of unbranched alkanes of at least 4 members (excludes halogenated alkanes) is 1. The molecule has 0 aromatic carbocycles. The summed E-state index contributed by atoms with van der Waals surface area (Å²) in [6.07, 6.45) is 4.93. The Morgan fingerprint density at radius 2 is 2.28 bits per heavy atom. The zero-order valence-electron chi connectivity index (χ0n) is 13.7. The average Bonchev–Trinajstić information content (AvgIpc) is 3.10. The second-order valence-electron chi connectivity index (χ2n) is 5.35. The van der Waals surface area contributed by atoms with E-state index in [2.05, 4.69) is 32.3 Å². The molecule has 0 fully saturated rings. The minimum absolute atomic E-state index is 0.00874. The largest absolute Gasteiger partial charge is 0.477 e. The molecule has 1 amide bonds. The van der Waals surface area contributed by atoms with Crippen molar-refractivity contribution in [2.45, 2.75) is 26.3 Å². The molecule has 0 aliphatic carbocycles. The Kier molecular flexibility index (Phi) is 5.03. The van der Waals surface area contributed by atoms with Gasteiger partial charge in [0.15, 0.2) is 0 Å². The molecule has 0 saturated heterocycles. The number of rotatable bonds is 7. The third-order valence-electron chi connectivity index (χ3n) is 3.53. The molecule has 0 bridgehead atoms. The molecule has 0 atom stereocenters. The van der Waals surface area contributed by atoms with E-state index >= 15 is 0 Å². The van der Waals surface area contributed by atoms with Crippen molar-refractivity contribution in [3.05, 3.63) is 52.3 Å². The van der Waals surface area contributed by atoms with Gasteiger partial charge in [-0.05, 0) is 12.5 Å². The molecule has 130 valence electrons. The van der Waals surface area contributed by atoms with Gasteiger partial charge in [0, 0.05) is 24.4 Å². The molecular formula is C16H18N6O3. The van der Waals surface area contributed by atoms with Crippen molar-refractivity contribution < 1.29 is 9.53 Å². The minimum Gasteiger partial charge on any atom is -0.477 e. The van der Waals surface area contributed by atoms with Crippen molar-refractivity contribution in [1.29, 1.82) is 0 Å². The predicted octanol–water partition coefficient (Wildman–Crippen LogP) is 0.921. The lowest BCUT2D eigenvalue weighted by atomic mass is 10.2. The Morgan fingerprint density at radius 3 is 3.12 bits per heavy atom. The number of nitrogens with zero attached hydrogens (tertiary/aromatic N) is 4. The van der Waals surface area contributed by atoms with Crippen LogP contribution in [-0.2, 0) is 6.54 Å². The van der Waals surface area contributed by atoms with Crippen molar-refractivity contribution in [1.82, 2.24) is 29.9 Å². The van der Waals surface area contributed by atoms with Gasteiger partial charge in [0.25, 0.3) is 17.2 Å². The smallest absolute Gasteiger partial charge is 0.274 e. The van der Waals surface area contributed by atoms with Crippen LogP contribution < -0.4 is 15.6 Å². The zero-order valence-corrected chi connectivity index (χ0v) is 13.7. The number of nitrogens with one attached hydrogen (secondary N) is 2. The maximum Gasteiger partial charge on any atom is 0.274 e. The molecule has 0 radical (unpaired) electrons. The molecule has 0 aliphatic rings. The van der Waals surface area contributed by atoms with E-state index in [0.717, 1.165) is 29.0 Å². The molecule has 3 aromatic rings. The van der Waals surface area contributed by atoms with Gasteiger partial charge in [-0.2, -0.15) is 4.52 Å². The van der Waals surface area contributed by atoms with Gasteiger partial charge in [-0.15, -0.1) is 0 Å². The fourth-order valence-electron chi connectivity index (χ4n) is 2.21. The maximum absolute atomic E-state index is 12.3. The summed E-state index contributed by atoms with van der Waals surface area (Å²) in [5.41, 5.74) is 0.358. The lowest BCUT2D eigenvalue weighted by Crippen LogP contribution is -2.27. The third kappa shape index (κ3) is 3.82. The molecule has 0 saturated carbocycles. The quantitative estimate of drug-likeness (QED) is 0.617. The highest BCUT2D eigenvalue weighted by Crippen LogP contribution is 2.14. The van der Waals surface area contributed by atoms with Crippen molar-refractivity contribution in [2.24, 2.45) is 0 Å². The predicted molar refractivity (Wildman–Crippen MR) is 89.4 cm³/mol. The summed E-state index contributed by atoms with van der Waals surface area (Å²) < 4.78 is 6.79. The number of amides is 1.